The standard InChI is InChI=1S/C17H28N6O2/c1-3-25-16(24)13-7-6-9-22(12-13)17(18-2)19-11-15-21-20-14-8-4-5-10-23(14)15/h13H,3-12H2,1-2H3,(H,18,19)/t13-/m1/s1. The van der Waals surface area contributed by atoms with Crippen molar-refractivity contribution in [2.24, 2.45) is 10.9 Å². The zero-order chi connectivity index (χ0) is 17.6. The molecule has 0 aromatic carbocycles. The van der Waals surface area contributed by atoms with Crippen LogP contribution < -0.4 is 5.32 Å². The molecule has 25 heavy (non-hydrogen) atoms. The van der Waals surface area contributed by atoms with E-state index in [1.165, 1.54) is 12.8 Å². The molecule has 3 heterocycles. The van der Waals surface area contributed by atoms with E-state index in [-0.39, 0.29) is 11.9 Å². The molecule has 0 spiro atoms. The van der Waals surface area contributed by atoms with E-state index >= 15 is 0 Å². The van der Waals surface area contributed by atoms with Crippen molar-refractivity contribution in [1.82, 2.24) is 25.0 Å². The third kappa shape index (κ3) is 4.11. The van der Waals surface area contributed by atoms with E-state index in [0.717, 1.165) is 50.0 Å². The summed E-state index contributed by atoms with van der Waals surface area (Å²) >= 11 is 0. The van der Waals surface area contributed by atoms with Crippen LogP contribution in [-0.2, 0) is 29.0 Å². The summed E-state index contributed by atoms with van der Waals surface area (Å²) in [4.78, 5) is 18.6. The number of rotatable bonds is 4. The predicted octanol–water partition coefficient (Wildman–Crippen LogP) is 0.965. The summed E-state index contributed by atoms with van der Waals surface area (Å²) in [6, 6.07) is 0. The van der Waals surface area contributed by atoms with Crippen molar-refractivity contribution >= 4 is 11.9 Å². The van der Waals surface area contributed by atoms with Crippen LogP contribution in [0.25, 0.3) is 0 Å². The van der Waals surface area contributed by atoms with Gasteiger partial charge in [0.25, 0.3) is 0 Å². The number of fused-ring (bicyclic) bond motifs is 1. The molecule has 0 amide bonds. The number of hydrogen-bond donors (Lipinski definition) is 1. The number of esters is 1. The van der Waals surface area contributed by atoms with Gasteiger partial charge in [0, 0.05) is 33.1 Å². The number of likely N-dealkylation sites (tertiary alicyclic amines) is 1. The second-order valence-electron chi connectivity index (χ2n) is 6.58. The lowest BCUT2D eigenvalue weighted by molar-refractivity contribution is -0.149. The molecule has 8 nitrogen and oxygen atoms in total. The van der Waals surface area contributed by atoms with Crippen LogP contribution in [0.3, 0.4) is 0 Å². The fourth-order valence-corrected chi connectivity index (χ4v) is 3.61. The molecular formula is C17H28N6O2. The van der Waals surface area contributed by atoms with Crippen LogP contribution in [-0.4, -0.2) is 58.3 Å². The number of guanidine groups is 1. The van der Waals surface area contributed by atoms with Gasteiger partial charge in [0.2, 0.25) is 0 Å². The Morgan fingerprint density at radius 3 is 3.00 bits per heavy atom. The Labute approximate surface area is 148 Å². The Hall–Kier alpha value is -2.12. The van der Waals surface area contributed by atoms with Crippen molar-refractivity contribution in [1.29, 1.82) is 0 Å². The molecule has 1 aromatic rings. The van der Waals surface area contributed by atoms with Crippen molar-refractivity contribution in [2.45, 2.75) is 52.1 Å². The number of aliphatic imine (C=N–C) groups is 1. The SMILES string of the molecule is CCOC(=O)[C@@H]1CCCN(C(=NC)NCc2nnc3n2CCCC3)C1. The summed E-state index contributed by atoms with van der Waals surface area (Å²) in [6.07, 6.45) is 5.22. The Bertz CT molecular complexity index is 627. The molecule has 8 heteroatoms. The summed E-state index contributed by atoms with van der Waals surface area (Å²) < 4.78 is 7.39. The average Bonchev–Trinajstić information content (AvgIpc) is 3.06. The van der Waals surface area contributed by atoms with Gasteiger partial charge < -0.3 is 19.5 Å². The van der Waals surface area contributed by atoms with Gasteiger partial charge in [-0.15, -0.1) is 10.2 Å². The van der Waals surface area contributed by atoms with E-state index in [9.17, 15) is 4.79 Å². The first-order valence-corrected chi connectivity index (χ1v) is 9.26. The monoisotopic (exact) mass is 348 g/mol. The molecule has 138 valence electrons. The second kappa shape index (κ2) is 8.31. The maximum atomic E-state index is 12.0. The summed E-state index contributed by atoms with van der Waals surface area (Å²) in [7, 11) is 1.77. The van der Waals surface area contributed by atoms with E-state index in [2.05, 4.69) is 30.0 Å². The van der Waals surface area contributed by atoms with Gasteiger partial charge in [-0.2, -0.15) is 0 Å². The molecular weight excluding hydrogens is 320 g/mol. The first-order chi connectivity index (χ1) is 12.2. The third-order valence-corrected chi connectivity index (χ3v) is 4.89. The number of nitrogens with one attached hydrogen (secondary N) is 1. The molecule has 0 aliphatic carbocycles. The summed E-state index contributed by atoms with van der Waals surface area (Å²) in [6.45, 7) is 5.41. The summed E-state index contributed by atoms with van der Waals surface area (Å²) in [5, 5.41) is 12.0. The van der Waals surface area contributed by atoms with Gasteiger partial charge in [0.15, 0.2) is 11.8 Å². The average molecular weight is 348 g/mol. The van der Waals surface area contributed by atoms with Crippen molar-refractivity contribution in [3.8, 4) is 0 Å². The highest BCUT2D eigenvalue weighted by molar-refractivity contribution is 5.81. The topological polar surface area (TPSA) is 84.6 Å². The first-order valence-electron chi connectivity index (χ1n) is 9.26. The molecule has 2 aliphatic rings. The van der Waals surface area contributed by atoms with Gasteiger partial charge in [0.05, 0.1) is 19.1 Å². The number of ether oxygens (including phenoxy) is 1. The number of aromatic nitrogens is 3. The molecule has 0 unspecified atom stereocenters. The van der Waals surface area contributed by atoms with Gasteiger partial charge in [-0.1, -0.05) is 0 Å². The number of nitrogens with zero attached hydrogens (tertiary/aromatic N) is 5. The van der Waals surface area contributed by atoms with Crippen molar-refractivity contribution in [2.75, 3.05) is 26.7 Å². The molecule has 0 radical (unpaired) electrons. The number of aryl methyl sites for hydroxylation is 1. The molecule has 1 atom stereocenters. The molecule has 1 fully saturated rings. The van der Waals surface area contributed by atoms with Gasteiger partial charge in [-0.25, -0.2) is 0 Å². The van der Waals surface area contributed by atoms with Crippen molar-refractivity contribution in [3.05, 3.63) is 11.6 Å². The third-order valence-electron chi connectivity index (χ3n) is 4.89. The molecule has 1 aromatic heterocycles. The Morgan fingerprint density at radius 1 is 1.32 bits per heavy atom. The quantitative estimate of drug-likeness (QED) is 0.496. The molecule has 2 aliphatic heterocycles. The Kier molecular flexibility index (Phi) is 5.88. The number of piperidine rings is 1. The lowest BCUT2D eigenvalue weighted by Gasteiger charge is -2.33. The van der Waals surface area contributed by atoms with Crippen LogP contribution >= 0.6 is 0 Å². The Morgan fingerprint density at radius 2 is 2.20 bits per heavy atom. The van der Waals surface area contributed by atoms with Gasteiger partial charge in [0.1, 0.15) is 5.82 Å². The molecule has 1 N–H and O–H groups in total. The molecule has 0 bridgehead atoms. The number of carbonyl (C=O) groups excluding carboxylic acids is 1. The smallest absolute Gasteiger partial charge is 0.310 e. The summed E-state index contributed by atoms with van der Waals surface area (Å²) in [5.74, 6) is 2.66. The van der Waals surface area contributed by atoms with E-state index in [1.54, 1.807) is 7.05 Å². The minimum atomic E-state index is -0.103. The Balaban J connectivity index is 1.59. The van der Waals surface area contributed by atoms with Crippen molar-refractivity contribution < 1.29 is 9.53 Å². The highest BCUT2D eigenvalue weighted by Crippen LogP contribution is 2.18. The molecule has 3 rings (SSSR count). The lowest BCUT2D eigenvalue weighted by atomic mass is 9.98. The van der Waals surface area contributed by atoms with E-state index in [4.69, 9.17) is 4.74 Å². The minimum Gasteiger partial charge on any atom is -0.466 e. The predicted molar refractivity (Wildman–Crippen MR) is 94.1 cm³/mol. The number of carbonyl (C=O) groups is 1. The zero-order valence-electron chi connectivity index (χ0n) is 15.2. The molecule has 0 saturated carbocycles. The maximum absolute atomic E-state index is 12.0. The van der Waals surface area contributed by atoms with Gasteiger partial charge in [-0.05, 0) is 32.6 Å². The maximum Gasteiger partial charge on any atom is 0.310 e. The fourth-order valence-electron chi connectivity index (χ4n) is 3.61. The van der Waals surface area contributed by atoms with Crippen LogP contribution in [0.15, 0.2) is 4.99 Å². The largest absolute Gasteiger partial charge is 0.466 e. The van der Waals surface area contributed by atoms with E-state index in [0.29, 0.717) is 19.7 Å². The lowest BCUT2D eigenvalue weighted by Crippen LogP contribution is -2.48. The normalized spacial score (nSPS) is 21.0. The van der Waals surface area contributed by atoms with Gasteiger partial charge >= 0.3 is 5.97 Å². The highest BCUT2D eigenvalue weighted by atomic mass is 16.5. The van der Waals surface area contributed by atoms with Gasteiger partial charge in [-0.3, -0.25) is 9.79 Å². The number of hydrogen-bond acceptors (Lipinski definition) is 5. The molecule has 1 saturated heterocycles. The minimum absolute atomic E-state index is 0.0758. The fraction of sp³-hybridized carbons (Fsp3) is 0.765. The highest BCUT2D eigenvalue weighted by Gasteiger charge is 2.28. The van der Waals surface area contributed by atoms with Crippen LogP contribution in [0.4, 0.5) is 0 Å². The van der Waals surface area contributed by atoms with Crippen LogP contribution in [0.1, 0.15) is 44.3 Å². The van der Waals surface area contributed by atoms with Crippen molar-refractivity contribution in [3.63, 3.8) is 0 Å². The van der Waals surface area contributed by atoms with E-state index < -0.39 is 0 Å². The first kappa shape index (κ1) is 17.7. The summed E-state index contributed by atoms with van der Waals surface area (Å²) in [5.41, 5.74) is 0. The van der Waals surface area contributed by atoms with Crippen LogP contribution in [0.2, 0.25) is 0 Å². The van der Waals surface area contributed by atoms with E-state index in [1.807, 2.05) is 6.92 Å². The van der Waals surface area contributed by atoms with Crippen LogP contribution in [0, 0.1) is 5.92 Å². The van der Waals surface area contributed by atoms with Crippen LogP contribution in [0.5, 0.6) is 0 Å². The zero-order valence-corrected chi connectivity index (χ0v) is 15.2. The second-order valence-corrected chi connectivity index (χ2v) is 6.58.